The monoisotopic (exact) mass is 508 g/mol. The number of hydrogen-bond donors (Lipinski definition) is 1. The van der Waals surface area contributed by atoms with Gasteiger partial charge in [-0.05, 0) is 34.1 Å². The van der Waals surface area contributed by atoms with Gasteiger partial charge in [0.2, 0.25) is 15.2 Å². The number of aromatic nitrogens is 2. The van der Waals surface area contributed by atoms with Crippen molar-refractivity contribution in [3.8, 4) is 10.6 Å². The highest BCUT2D eigenvalue weighted by Crippen LogP contribution is 2.29. The van der Waals surface area contributed by atoms with E-state index in [9.17, 15) is 13.2 Å². The Labute approximate surface area is 186 Å². The van der Waals surface area contributed by atoms with Gasteiger partial charge in [0.05, 0.1) is 18.1 Å². The summed E-state index contributed by atoms with van der Waals surface area (Å²) in [6, 6.07) is 14.0. The lowest BCUT2D eigenvalue weighted by molar-refractivity contribution is 0.0730. The van der Waals surface area contributed by atoms with E-state index >= 15 is 0 Å². The van der Waals surface area contributed by atoms with Crippen LogP contribution in [0.25, 0.3) is 10.6 Å². The number of benzene rings is 2. The first-order valence-corrected chi connectivity index (χ1v) is 12.1. The Morgan fingerprint density at radius 2 is 1.83 bits per heavy atom. The number of rotatable bonds is 5. The predicted octanol–water partition coefficient (Wildman–Crippen LogP) is 3.24. The van der Waals surface area contributed by atoms with Crippen LogP contribution in [0.5, 0.6) is 0 Å². The quantitative estimate of drug-likeness (QED) is 0.567. The predicted molar refractivity (Wildman–Crippen MR) is 117 cm³/mol. The van der Waals surface area contributed by atoms with Crippen molar-refractivity contribution < 1.29 is 17.9 Å². The van der Waals surface area contributed by atoms with E-state index < -0.39 is 15.9 Å². The third-order valence-electron chi connectivity index (χ3n) is 4.45. The third-order valence-corrected chi connectivity index (χ3v) is 8.23. The highest BCUT2D eigenvalue weighted by atomic mass is 79.9. The van der Waals surface area contributed by atoms with E-state index in [1.165, 1.54) is 21.7 Å². The lowest BCUT2D eigenvalue weighted by Crippen LogP contribution is -2.40. The molecule has 0 unspecified atom stereocenters. The van der Waals surface area contributed by atoms with Crippen molar-refractivity contribution in [3.63, 3.8) is 0 Å². The zero-order valence-electron chi connectivity index (χ0n) is 15.6. The molecule has 1 aliphatic heterocycles. The molecule has 156 valence electrons. The number of nitrogens with one attached hydrogen (secondary N) is 1. The molecule has 11 heteroatoms. The van der Waals surface area contributed by atoms with Crippen molar-refractivity contribution in [2.45, 2.75) is 4.90 Å². The van der Waals surface area contributed by atoms with Crippen LogP contribution in [0.15, 0.2) is 57.9 Å². The number of carbonyl (C=O) groups is 1. The summed E-state index contributed by atoms with van der Waals surface area (Å²) in [6.45, 7) is 1.24. The lowest BCUT2D eigenvalue weighted by atomic mass is 10.2. The Hall–Kier alpha value is -2.18. The molecule has 0 atom stereocenters. The van der Waals surface area contributed by atoms with Crippen molar-refractivity contribution in [3.05, 3.63) is 58.6 Å². The maximum atomic E-state index is 13.0. The molecule has 1 aromatic heterocycles. The zero-order valence-corrected chi connectivity index (χ0v) is 18.8. The standard InChI is InChI=1S/C19H17BrN4O4S2/c20-15-7-6-14(12-16(15)30(26,27)24-8-10-28-11-9-24)17(25)21-19-23-22-18(29-19)13-4-2-1-3-5-13/h1-7,12H,8-11H2,(H,21,23,25). The van der Waals surface area contributed by atoms with E-state index in [1.54, 1.807) is 12.1 Å². The molecule has 1 saturated heterocycles. The van der Waals surface area contributed by atoms with Crippen LogP contribution in [0, 0.1) is 0 Å². The molecular weight excluding hydrogens is 492 g/mol. The number of carbonyl (C=O) groups excluding carboxylic acids is 1. The van der Waals surface area contributed by atoms with Gasteiger partial charge >= 0.3 is 0 Å². The van der Waals surface area contributed by atoms with Crippen LogP contribution in [-0.2, 0) is 14.8 Å². The second-order valence-corrected chi connectivity index (χ2v) is 10.1. The number of amides is 1. The van der Waals surface area contributed by atoms with Crippen molar-refractivity contribution in [1.82, 2.24) is 14.5 Å². The van der Waals surface area contributed by atoms with E-state index in [1.807, 2.05) is 30.3 Å². The molecule has 2 aromatic carbocycles. The van der Waals surface area contributed by atoms with Crippen LogP contribution in [0.2, 0.25) is 0 Å². The maximum absolute atomic E-state index is 13.0. The molecule has 2 heterocycles. The molecule has 0 saturated carbocycles. The van der Waals surface area contributed by atoms with Crippen molar-refractivity contribution in [2.75, 3.05) is 31.6 Å². The number of anilines is 1. The molecule has 30 heavy (non-hydrogen) atoms. The molecule has 4 rings (SSSR count). The highest BCUT2D eigenvalue weighted by molar-refractivity contribution is 9.10. The molecule has 3 aromatic rings. The van der Waals surface area contributed by atoms with E-state index in [-0.39, 0.29) is 23.5 Å². The largest absolute Gasteiger partial charge is 0.379 e. The zero-order chi connectivity index (χ0) is 21.1. The van der Waals surface area contributed by atoms with Crippen molar-refractivity contribution in [1.29, 1.82) is 0 Å². The Bertz CT molecular complexity index is 1160. The van der Waals surface area contributed by atoms with E-state index in [0.29, 0.717) is 27.8 Å². The van der Waals surface area contributed by atoms with Crippen molar-refractivity contribution >= 4 is 48.3 Å². The molecule has 0 spiro atoms. The summed E-state index contributed by atoms with van der Waals surface area (Å²) in [5, 5.41) is 11.8. The first-order valence-electron chi connectivity index (χ1n) is 9.03. The molecule has 1 N–H and O–H groups in total. The average molecular weight is 509 g/mol. The van der Waals surface area contributed by atoms with Gasteiger partial charge in [-0.1, -0.05) is 41.7 Å². The highest BCUT2D eigenvalue weighted by Gasteiger charge is 2.29. The average Bonchev–Trinajstić information content (AvgIpc) is 3.23. The van der Waals surface area contributed by atoms with E-state index in [4.69, 9.17) is 4.74 Å². The fraction of sp³-hybridized carbons (Fsp3) is 0.211. The van der Waals surface area contributed by atoms with Crippen LogP contribution in [0.4, 0.5) is 5.13 Å². The Kier molecular flexibility index (Phi) is 6.25. The van der Waals surface area contributed by atoms with Gasteiger partial charge in [0.1, 0.15) is 5.01 Å². The van der Waals surface area contributed by atoms with E-state index in [2.05, 4.69) is 31.4 Å². The van der Waals surface area contributed by atoms with Crippen LogP contribution in [0.3, 0.4) is 0 Å². The Balaban J connectivity index is 1.55. The number of morpholine rings is 1. The molecule has 0 radical (unpaired) electrons. The van der Waals surface area contributed by atoms with Gasteiger partial charge in [-0.15, -0.1) is 10.2 Å². The van der Waals surface area contributed by atoms with Crippen LogP contribution in [-0.4, -0.2) is 55.1 Å². The molecule has 1 amide bonds. The molecular formula is C19H17BrN4O4S2. The second-order valence-electron chi connectivity index (χ2n) is 6.39. The minimum atomic E-state index is -3.75. The van der Waals surface area contributed by atoms with E-state index in [0.717, 1.165) is 5.56 Å². The SMILES string of the molecule is O=C(Nc1nnc(-c2ccccc2)s1)c1ccc(Br)c(S(=O)(=O)N2CCOCC2)c1. The summed E-state index contributed by atoms with van der Waals surface area (Å²) < 4.78 is 33.0. The molecule has 8 nitrogen and oxygen atoms in total. The lowest BCUT2D eigenvalue weighted by Gasteiger charge is -2.26. The van der Waals surface area contributed by atoms with Gasteiger partial charge < -0.3 is 4.74 Å². The van der Waals surface area contributed by atoms with Gasteiger partial charge in [0.15, 0.2) is 0 Å². The van der Waals surface area contributed by atoms with Crippen molar-refractivity contribution in [2.24, 2.45) is 0 Å². The fourth-order valence-electron chi connectivity index (χ4n) is 2.91. The summed E-state index contributed by atoms with van der Waals surface area (Å²) in [6.07, 6.45) is 0. The molecule has 0 bridgehead atoms. The minimum absolute atomic E-state index is 0.0410. The van der Waals surface area contributed by atoms with Crippen LogP contribution < -0.4 is 5.32 Å². The fourth-order valence-corrected chi connectivity index (χ4v) is 6.01. The first-order chi connectivity index (χ1) is 14.4. The number of halogens is 1. The van der Waals surface area contributed by atoms with Gasteiger partial charge in [0, 0.05) is 28.7 Å². The number of hydrogen-bond acceptors (Lipinski definition) is 7. The van der Waals surface area contributed by atoms with Crippen LogP contribution >= 0.6 is 27.3 Å². The topological polar surface area (TPSA) is 101 Å². The van der Waals surface area contributed by atoms with Gasteiger partial charge in [-0.3, -0.25) is 10.1 Å². The van der Waals surface area contributed by atoms with Gasteiger partial charge in [-0.25, -0.2) is 8.42 Å². The summed E-state index contributed by atoms with van der Waals surface area (Å²) in [7, 11) is -3.75. The summed E-state index contributed by atoms with van der Waals surface area (Å²) >= 11 is 4.53. The Morgan fingerprint density at radius 1 is 1.10 bits per heavy atom. The molecule has 1 aliphatic rings. The maximum Gasteiger partial charge on any atom is 0.257 e. The summed E-state index contributed by atoms with van der Waals surface area (Å²) in [5.74, 6) is -0.461. The number of sulfonamides is 1. The third kappa shape index (κ3) is 4.44. The second kappa shape index (κ2) is 8.90. The van der Waals surface area contributed by atoms with Crippen LogP contribution in [0.1, 0.15) is 10.4 Å². The molecule has 1 fully saturated rings. The summed E-state index contributed by atoms with van der Waals surface area (Å²) in [4.78, 5) is 12.8. The Morgan fingerprint density at radius 3 is 2.57 bits per heavy atom. The van der Waals surface area contributed by atoms with Gasteiger partial charge in [0.25, 0.3) is 5.91 Å². The normalized spacial score (nSPS) is 15.1. The summed E-state index contributed by atoms with van der Waals surface area (Å²) in [5.41, 5.74) is 1.11. The molecule has 0 aliphatic carbocycles. The smallest absolute Gasteiger partial charge is 0.257 e. The number of nitrogens with zero attached hydrogens (tertiary/aromatic N) is 3. The van der Waals surface area contributed by atoms with Gasteiger partial charge in [-0.2, -0.15) is 4.31 Å². The number of ether oxygens (including phenoxy) is 1. The minimum Gasteiger partial charge on any atom is -0.379 e. The first kappa shape index (κ1) is 21.1.